The van der Waals surface area contributed by atoms with Gasteiger partial charge in [0.25, 0.3) is 5.56 Å². The third-order valence-corrected chi connectivity index (χ3v) is 6.71. The number of imidazole rings is 1. The molecule has 1 saturated heterocycles. The molecule has 37 heavy (non-hydrogen) atoms. The maximum atomic E-state index is 12.4. The SMILES string of the molecule is Cc1cc(-c2nc3ccc(CN[C@H](C(=O)OC(C)C)[C@@H](C)O)cc3n2CC2CCCCO2)cn(C)c1=O. The van der Waals surface area contributed by atoms with Crippen LogP contribution in [0.3, 0.4) is 0 Å². The van der Waals surface area contributed by atoms with Crippen LogP contribution in [0.5, 0.6) is 0 Å². The molecule has 3 atom stereocenters. The quantitative estimate of drug-likeness (QED) is 0.426. The minimum absolute atomic E-state index is 0.0287. The van der Waals surface area contributed by atoms with Crippen molar-refractivity contribution in [3.8, 4) is 11.4 Å². The van der Waals surface area contributed by atoms with Crippen molar-refractivity contribution >= 4 is 17.0 Å². The number of nitrogens with zero attached hydrogens (tertiary/aromatic N) is 3. The van der Waals surface area contributed by atoms with Crippen molar-refractivity contribution in [2.45, 2.75) is 84.4 Å². The van der Waals surface area contributed by atoms with Crippen LogP contribution in [-0.4, -0.2) is 56.2 Å². The van der Waals surface area contributed by atoms with E-state index in [-0.39, 0.29) is 17.8 Å². The zero-order valence-electron chi connectivity index (χ0n) is 22.4. The lowest BCUT2D eigenvalue weighted by molar-refractivity contribution is -0.152. The Morgan fingerprint density at radius 2 is 2.05 bits per heavy atom. The number of carbonyl (C=O) groups is 1. The van der Waals surface area contributed by atoms with Crippen LogP contribution in [0.1, 0.15) is 51.2 Å². The van der Waals surface area contributed by atoms with E-state index in [2.05, 4.69) is 16.0 Å². The number of nitrogens with one attached hydrogen (secondary N) is 1. The Morgan fingerprint density at radius 3 is 2.70 bits per heavy atom. The summed E-state index contributed by atoms with van der Waals surface area (Å²) in [4.78, 5) is 29.7. The number of aryl methyl sites for hydroxylation is 2. The predicted molar refractivity (Wildman–Crippen MR) is 142 cm³/mol. The Kier molecular flexibility index (Phi) is 8.46. The first-order chi connectivity index (χ1) is 17.6. The van der Waals surface area contributed by atoms with Crippen molar-refractivity contribution in [3.63, 3.8) is 0 Å². The van der Waals surface area contributed by atoms with Crippen LogP contribution in [0.2, 0.25) is 0 Å². The predicted octanol–water partition coefficient (Wildman–Crippen LogP) is 3.07. The monoisotopic (exact) mass is 510 g/mol. The Labute approximate surface area is 217 Å². The molecule has 4 rings (SSSR count). The first-order valence-corrected chi connectivity index (χ1v) is 13.0. The van der Waals surface area contributed by atoms with Crippen molar-refractivity contribution in [2.24, 2.45) is 7.05 Å². The van der Waals surface area contributed by atoms with Crippen LogP contribution >= 0.6 is 0 Å². The highest BCUT2D eigenvalue weighted by molar-refractivity contribution is 5.81. The van der Waals surface area contributed by atoms with Crippen LogP contribution in [0.15, 0.2) is 35.3 Å². The molecule has 1 unspecified atom stereocenters. The van der Waals surface area contributed by atoms with Crippen LogP contribution in [0.4, 0.5) is 0 Å². The molecule has 3 heterocycles. The summed E-state index contributed by atoms with van der Waals surface area (Å²) in [6, 6.07) is 7.04. The molecule has 0 bridgehead atoms. The summed E-state index contributed by atoms with van der Waals surface area (Å²) in [7, 11) is 1.75. The zero-order chi connectivity index (χ0) is 26.7. The van der Waals surface area contributed by atoms with E-state index < -0.39 is 18.1 Å². The molecule has 1 aromatic carbocycles. The Bertz CT molecular complexity index is 1280. The number of rotatable bonds is 9. The van der Waals surface area contributed by atoms with Gasteiger partial charge in [0.05, 0.1) is 35.9 Å². The Morgan fingerprint density at radius 1 is 1.27 bits per heavy atom. The number of carbonyl (C=O) groups excluding carboxylic acids is 1. The summed E-state index contributed by atoms with van der Waals surface area (Å²) in [5.41, 5.74) is 4.25. The molecule has 1 fully saturated rings. The van der Waals surface area contributed by atoms with E-state index in [0.717, 1.165) is 53.9 Å². The molecule has 0 spiro atoms. The number of pyridine rings is 1. The number of fused-ring (bicyclic) bond motifs is 1. The lowest BCUT2D eigenvalue weighted by atomic mass is 10.1. The van der Waals surface area contributed by atoms with Crippen molar-refractivity contribution < 1.29 is 19.4 Å². The highest BCUT2D eigenvalue weighted by Gasteiger charge is 2.26. The fourth-order valence-electron chi connectivity index (χ4n) is 4.82. The van der Waals surface area contributed by atoms with Gasteiger partial charge in [0.1, 0.15) is 11.9 Å². The highest BCUT2D eigenvalue weighted by Crippen LogP contribution is 2.28. The van der Waals surface area contributed by atoms with Gasteiger partial charge in [-0.3, -0.25) is 14.9 Å². The molecular formula is C28H38N4O5. The molecule has 200 valence electrons. The second-order valence-electron chi connectivity index (χ2n) is 10.3. The van der Waals surface area contributed by atoms with Crippen molar-refractivity contribution in [2.75, 3.05) is 6.61 Å². The van der Waals surface area contributed by atoms with Gasteiger partial charge in [-0.2, -0.15) is 0 Å². The number of aliphatic hydroxyl groups is 1. The molecule has 0 radical (unpaired) electrons. The Balaban J connectivity index is 1.69. The summed E-state index contributed by atoms with van der Waals surface area (Å²) in [6.45, 7) is 8.74. The fourth-order valence-corrected chi connectivity index (χ4v) is 4.82. The minimum Gasteiger partial charge on any atom is -0.462 e. The molecule has 2 aromatic heterocycles. The number of aromatic nitrogens is 3. The van der Waals surface area contributed by atoms with Gasteiger partial charge in [0, 0.05) is 37.5 Å². The number of hydrogen-bond donors (Lipinski definition) is 2. The van der Waals surface area contributed by atoms with Crippen LogP contribution in [-0.2, 0) is 34.4 Å². The summed E-state index contributed by atoms with van der Waals surface area (Å²) in [6.07, 6.45) is 3.95. The summed E-state index contributed by atoms with van der Waals surface area (Å²) < 4.78 is 15.1. The van der Waals surface area contributed by atoms with E-state index in [1.165, 1.54) is 0 Å². The maximum absolute atomic E-state index is 12.4. The van der Waals surface area contributed by atoms with Crippen molar-refractivity contribution in [1.82, 2.24) is 19.4 Å². The lowest BCUT2D eigenvalue weighted by Gasteiger charge is -2.24. The minimum atomic E-state index is -0.900. The molecule has 0 amide bonds. The van der Waals surface area contributed by atoms with E-state index in [4.69, 9.17) is 14.5 Å². The molecular weight excluding hydrogens is 472 g/mol. The number of hydrogen-bond acceptors (Lipinski definition) is 7. The van der Waals surface area contributed by atoms with Gasteiger partial charge >= 0.3 is 5.97 Å². The molecule has 1 aliphatic heterocycles. The normalized spacial score (nSPS) is 17.8. The standard InChI is InChI=1S/C28H38N4O5/c1-17(2)37-28(35)25(19(4)33)29-14-20-9-10-23-24(13-20)32(16-22-8-6-7-11-36-22)26(30-23)21-12-18(3)27(34)31(5)15-21/h9-10,12-13,15,17,19,22,25,29,33H,6-8,11,14,16H2,1-5H3/t19-,22?,25+/m1/s1. The number of benzene rings is 1. The van der Waals surface area contributed by atoms with Crippen LogP contribution in [0.25, 0.3) is 22.4 Å². The lowest BCUT2D eigenvalue weighted by Crippen LogP contribution is -2.46. The number of aliphatic hydroxyl groups excluding tert-OH is 1. The topological polar surface area (TPSA) is 108 Å². The molecule has 2 N–H and O–H groups in total. The van der Waals surface area contributed by atoms with Gasteiger partial charge in [-0.1, -0.05) is 6.07 Å². The number of esters is 1. The summed E-state index contributed by atoms with van der Waals surface area (Å²) in [5, 5.41) is 13.3. The average molecular weight is 511 g/mol. The maximum Gasteiger partial charge on any atom is 0.326 e. The van der Waals surface area contributed by atoms with Gasteiger partial charge < -0.3 is 23.7 Å². The highest BCUT2D eigenvalue weighted by atomic mass is 16.5. The first-order valence-electron chi connectivity index (χ1n) is 13.0. The summed E-state index contributed by atoms with van der Waals surface area (Å²) in [5.74, 6) is 0.313. The third kappa shape index (κ3) is 6.29. The van der Waals surface area contributed by atoms with E-state index in [9.17, 15) is 14.7 Å². The van der Waals surface area contributed by atoms with Gasteiger partial charge in [-0.25, -0.2) is 4.98 Å². The van der Waals surface area contributed by atoms with Gasteiger partial charge in [0.15, 0.2) is 0 Å². The van der Waals surface area contributed by atoms with E-state index in [1.807, 2.05) is 31.3 Å². The third-order valence-electron chi connectivity index (χ3n) is 6.71. The number of ether oxygens (including phenoxy) is 2. The smallest absolute Gasteiger partial charge is 0.326 e. The van der Waals surface area contributed by atoms with Crippen molar-refractivity contribution in [1.29, 1.82) is 0 Å². The van der Waals surface area contributed by atoms with Gasteiger partial charge in [0.2, 0.25) is 0 Å². The van der Waals surface area contributed by atoms with Gasteiger partial charge in [-0.15, -0.1) is 0 Å². The molecule has 3 aromatic rings. The molecule has 9 heteroatoms. The average Bonchev–Trinajstić information content (AvgIpc) is 3.20. The van der Waals surface area contributed by atoms with E-state index >= 15 is 0 Å². The zero-order valence-corrected chi connectivity index (χ0v) is 22.4. The van der Waals surface area contributed by atoms with E-state index in [1.54, 1.807) is 32.4 Å². The molecule has 0 saturated carbocycles. The van der Waals surface area contributed by atoms with Crippen LogP contribution < -0.4 is 10.9 Å². The summed E-state index contributed by atoms with van der Waals surface area (Å²) >= 11 is 0. The fraction of sp³-hybridized carbons (Fsp3) is 0.536. The molecule has 9 nitrogen and oxygen atoms in total. The molecule has 1 aliphatic rings. The van der Waals surface area contributed by atoms with Crippen LogP contribution in [0, 0.1) is 6.92 Å². The molecule has 0 aliphatic carbocycles. The largest absolute Gasteiger partial charge is 0.462 e. The first kappa shape index (κ1) is 27.0. The second-order valence-corrected chi connectivity index (χ2v) is 10.3. The van der Waals surface area contributed by atoms with Gasteiger partial charge in [-0.05, 0) is 70.7 Å². The Hall–Kier alpha value is -3.01. The second kappa shape index (κ2) is 11.6. The van der Waals surface area contributed by atoms with Crippen molar-refractivity contribution in [3.05, 3.63) is 51.9 Å². The van der Waals surface area contributed by atoms with E-state index in [0.29, 0.717) is 18.7 Å².